The van der Waals surface area contributed by atoms with E-state index in [2.05, 4.69) is 10.2 Å². The van der Waals surface area contributed by atoms with Crippen LogP contribution in [0.4, 0.5) is 0 Å². The van der Waals surface area contributed by atoms with Crippen LogP contribution in [0.15, 0.2) is 18.3 Å². The predicted molar refractivity (Wildman–Crippen MR) is 52.1 cm³/mol. The Kier molecular flexibility index (Phi) is 2.04. The number of aromatic nitrogens is 3. The Balaban J connectivity index is 2.49. The lowest BCUT2D eigenvalue weighted by Crippen LogP contribution is -1.98. The second-order valence-electron chi connectivity index (χ2n) is 3.39. The number of hydrogen-bond donors (Lipinski definition) is 0. The molecule has 2 aromatic heterocycles. The molecule has 0 amide bonds. The van der Waals surface area contributed by atoms with Crippen LogP contribution in [0, 0.1) is 6.92 Å². The fraction of sp³-hybridized carbons (Fsp3) is 0.300. The number of aryl methyl sites for hydroxylation is 1. The molecule has 0 aliphatic carbocycles. The minimum Gasteiger partial charge on any atom is -0.300 e. The Labute approximate surface area is 81.6 Å². The van der Waals surface area contributed by atoms with E-state index >= 15 is 0 Å². The number of carbonyl (C=O) groups is 1. The van der Waals surface area contributed by atoms with Gasteiger partial charge in [-0.3, -0.25) is 9.20 Å². The summed E-state index contributed by atoms with van der Waals surface area (Å²) in [7, 11) is 0. The molecule has 0 spiro atoms. The van der Waals surface area contributed by atoms with E-state index in [1.54, 1.807) is 6.92 Å². The minimum atomic E-state index is 0.162. The molecule has 0 saturated heterocycles. The van der Waals surface area contributed by atoms with Crippen molar-refractivity contribution in [2.45, 2.75) is 20.3 Å². The number of pyridine rings is 1. The van der Waals surface area contributed by atoms with Crippen molar-refractivity contribution in [1.82, 2.24) is 14.6 Å². The van der Waals surface area contributed by atoms with E-state index in [0.29, 0.717) is 6.42 Å². The second-order valence-corrected chi connectivity index (χ2v) is 3.39. The van der Waals surface area contributed by atoms with Gasteiger partial charge >= 0.3 is 0 Å². The first-order valence-electron chi connectivity index (χ1n) is 4.46. The topological polar surface area (TPSA) is 47.3 Å². The molecule has 2 aromatic rings. The summed E-state index contributed by atoms with van der Waals surface area (Å²) >= 11 is 0. The monoisotopic (exact) mass is 189 g/mol. The van der Waals surface area contributed by atoms with Crippen LogP contribution in [0.3, 0.4) is 0 Å². The molecule has 0 saturated carbocycles. The third-order valence-corrected chi connectivity index (χ3v) is 2.09. The fourth-order valence-electron chi connectivity index (χ4n) is 1.44. The average molecular weight is 189 g/mol. The normalized spacial score (nSPS) is 10.7. The van der Waals surface area contributed by atoms with Crippen LogP contribution in [-0.2, 0) is 11.2 Å². The SMILES string of the molecule is CC(=O)Cc1ccc2nnc(C)n2c1. The van der Waals surface area contributed by atoms with E-state index in [1.165, 1.54) is 0 Å². The van der Waals surface area contributed by atoms with Crippen molar-refractivity contribution < 1.29 is 4.79 Å². The molecule has 0 aliphatic rings. The Morgan fingerprint density at radius 2 is 2.21 bits per heavy atom. The first-order valence-corrected chi connectivity index (χ1v) is 4.46. The Hall–Kier alpha value is -1.71. The number of nitrogens with zero attached hydrogens (tertiary/aromatic N) is 3. The number of fused-ring (bicyclic) bond motifs is 1. The summed E-state index contributed by atoms with van der Waals surface area (Å²) < 4.78 is 1.89. The van der Waals surface area contributed by atoms with Gasteiger partial charge in [-0.25, -0.2) is 0 Å². The second kappa shape index (κ2) is 3.21. The highest BCUT2D eigenvalue weighted by Crippen LogP contribution is 2.07. The van der Waals surface area contributed by atoms with Crippen molar-refractivity contribution in [2.24, 2.45) is 0 Å². The highest BCUT2D eigenvalue weighted by atomic mass is 16.1. The lowest BCUT2D eigenvalue weighted by atomic mass is 10.1. The van der Waals surface area contributed by atoms with Crippen molar-refractivity contribution in [1.29, 1.82) is 0 Å². The maximum Gasteiger partial charge on any atom is 0.160 e. The van der Waals surface area contributed by atoms with Gasteiger partial charge in [0.2, 0.25) is 0 Å². The largest absolute Gasteiger partial charge is 0.300 e. The molecule has 0 fully saturated rings. The molecular formula is C10H11N3O. The van der Waals surface area contributed by atoms with E-state index in [0.717, 1.165) is 17.0 Å². The summed E-state index contributed by atoms with van der Waals surface area (Å²) in [6.45, 7) is 3.47. The van der Waals surface area contributed by atoms with Crippen LogP contribution < -0.4 is 0 Å². The predicted octanol–water partition coefficient (Wildman–Crippen LogP) is 1.17. The summed E-state index contributed by atoms with van der Waals surface area (Å²) in [5, 5.41) is 7.91. The molecule has 2 heterocycles. The van der Waals surface area contributed by atoms with Crippen LogP contribution in [0.25, 0.3) is 5.65 Å². The number of hydrogen-bond acceptors (Lipinski definition) is 3. The van der Waals surface area contributed by atoms with Crippen molar-refractivity contribution in [3.8, 4) is 0 Å². The molecule has 0 radical (unpaired) electrons. The van der Waals surface area contributed by atoms with Crippen molar-refractivity contribution in [3.05, 3.63) is 29.7 Å². The molecule has 4 heteroatoms. The zero-order chi connectivity index (χ0) is 10.1. The van der Waals surface area contributed by atoms with Gasteiger partial charge in [0.1, 0.15) is 11.6 Å². The summed E-state index contributed by atoms with van der Waals surface area (Å²) in [6, 6.07) is 3.78. The van der Waals surface area contributed by atoms with Gasteiger partial charge in [-0.15, -0.1) is 10.2 Å². The molecule has 2 rings (SSSR count). The summed E-state index contributed by atoms with van der Waals surface area (Å²) in [6.07, 6.45) is 2.37. The lowest BCUT2D eigenvalue weighted by Gasteiger charge is -1.99. The standard InChI is InChI=1S/C10H11N3O/c1-7(14)5-9-3-4-10-12-11-8(2)13(10)6-9/h3-4,6H,5H2,1-2H3. The molecule has 4 nitrogen and oxygen atoms in total. The van der Waals surface area contributed by atoms with Crippen LogP contribution in [0.5, 0.6) is 0 Å². The molecule has 0 unspecified atom stereocenters. The maximum atomic E-state index is 10.9. The lowest BCUT2D eigenvalue weighted by molar-refractivity contribution is -0.116. The van der Waals surface area contributed by atoms with E-state index in [9.17, 15) is 4.79 Å². The number of rotatable bonds is 2. The molecule has 0 aromatic carbocycles. The highest BCUT2D eigenvalue weighted by molar-refractivity contribution is 5.78. The quantitative estimate of drug-likeness (QED) is 0.712. The summed E-state index contributed by atoms with van der Waals surface area (Å²) in [5.74, 6) is 1.00. The number of carbonyl (C=O) groups excluding carboxylic acids is 1. The van der Waals surface area contributed by atoms with Crippen LogP contribution in [0.2, 0.25) is 0 Å². The molecular weight excluding hydrogens is 178 g/mol. The van der Waals surface area contributed by atoms with E-state index in [4.69, 9.17) is 0 Å². The average Bonchev–Trinajstić information content (AvgIpc) is 2.47. The summed E-state index contributed by atoms with van der Waals surface area (Å²) in [4.78, 5) is 10.9. The molecule has 72 valence electrons. The fourth-order valence-corrected chi connectivity index (χ4v) is 1.44. The highest BCUT2D eigenvalue weighted by Gasteiger charge is 2.02. The Morgan fingerprint density at radius 1 is 1.43 bits per heavy atom. The first kappa shape index (κ1) is 8.87. The zero-order valence-corrected chi connectivity index (χ0v) is 8.19. The van der Waals surface area contributed by atoms with Crippen molar-refractivity contribution >= 4 is 11.4 Å². The van der Waals surface area contributed by atoms with Crippen LogP contribution in [0.1, 0.15) is 18.3 Å². The van der Waals surface area contributed by atoms with Gasteiger partial charge < -0.3 is 0 Å². The summed E-state index contributed by atoms with van der Waals surface area (Å²) in [5.41, 5.74) is 1.81. The van der Waals surface area contributed by atoms with E-state index in [1.807, 2.05) is 29.7 Å². The first-order chi connectivity index (χ1) is 6.66. The van der Waals surface area contributed by atoms with Gasteiger partial charge in [-0.2, -0.15) is 0 Å². The van der Waals surface area contributed by atoms with Gasteiger partial charge in [-0.1, -0.05) is 6.07 Å². The van der Waals surface area contributed by atoms with Gasteiger partial charge in [0.15, 0.2) is 5.65 Å². The van der Waals surface area contributed by atoms with Gasteiger partial charge in [-0.05, 0) is 25.5 Å². The molecule has 14 heavy (non-hydrogen) atoms. The maximum absolute atomic E-state index is 10.9. The third kappa shape index (κ3) is 1.51. The van der Waals surface area contributed by atoms with E-state index in [-0.39, 0.29) is 5.78 Å². The number of ketones is 1. The van der Waals surface area contributed by atoms with Gasteiger partial charge in [0.25, 0.3) is 0 Å². The van der Waals surface area contributed by atoms with Crippen molar-refractivity contribution in [2.75, 3.05) is 0 Å². The van der Waals surface area contributed by atoms with Crippen molar-refractivity contribution in [3.63, 3.8) is 0 Å². The van der Waals surface area contributed by atoms with Gasteiger partial charge in [0, 0.05) is 12.6 Å². The zero-order valence-electron chi connectivity index (χ0n) is 8.19. The smallest absolute Gasteiger partial charge is 0.160 e. The molecule has 0 N–H and O–H groups in total. The van der Waals surface area contributed by atoms with Crippen LogP contribution >= 0.6 is 0 Å². The van der Waals surface area contributed by atoms with E-state index < -0.39 is 0 Å². The number of Topliss-reactive ketones (excluding diaryl/α,β-unsaturated/α-hetero) is 1. The van der Waals surface area contributed by atoms with Crippen LogP contribution in [-0.4, -0.2) is 20.4 Å². The van der Waals surface area contributed by atoms with Gasteiger partial charge in [0.05, 0.1) is 0 Å². The molecule has 0 aliphatic heterocycles. The molecule has 0 atom stereocenters. The third-order valence-electron chi connectivity index (χ3n) is 2.09. The Morgan fingerprint density at radius 3 is 2.93 bits per heavy atom. The Bertz CT molecular complexity index is 487. The minimum absolute atomic E-state index is 0.162. The molecule has 0 bridgehead atoms.